The van der Waals surface area contributed by atoms with E-state index in [1.54, 1.807) is 6.20 Å². The van der Waals surface area contributed by atoms with E-state index in [0.29, 0.717) is 18.1 Å². The number of hydrazone groups is 1. The average Bonchev–Trinajstić information content (AvgIpc) is 3.30. The number of pyridine rings is 1. The Morgan fingerprint density at radius 1 is 1.40 bits per heavy atom. The maximum absolute atomic E-state index is 13.3. The van der Waals surface area contributed by atoms with Gasteiger partial charge in [-0.3, -0.25) is 20.1 Å². The Kier molecular flexibility index (Phi) is 5.75. The van der Waals surface area contributed by atoms with E-state index >= 15 is 0 Å². The Morgan fingerprint density at radius 3 is 2.97 bits per heavy atom. The summed E-state index contributed by atoms with van der Waals surface area (Å²) < 4.78 is 0. The molecular formula is C22H24ClN5OS. The van der Waals surface area contributed by atoms with Crippen LogP contribution in [-0.2, 0) is 4.79 Å². The quantitative estimate of drug-likeness (QED) is 0.714. The summed E-state index contributed by atoms with van der Waals surface area (Å²) >= 11 is 7.87. The molecule has 0 bridgehead atoms. The summed E-state index contributed by atoms with van der Waals surface area (Å²) in [7, 11) is 0. The maximum Gasteiger partial charge on any atom is 0.253 e. The molecule has 0 saturated carbocycles. The lowest BCUT2D eigenvalue weighted by Gasteiger charge is -2.36. The molecular weight excluding hydrogens is 418 g/mol. The van der Waals surface area contributed by atoms with Gasteiger partial charge in [0, 0.05) is 41.2 Å². The van der Waals surface area contributed by atoms with E-state index in [9.17, 15) is 4.79 Å². The zero-order valence-electron chi connectivity index (χ0n) is 17.2. The van der Waals surface area contributed by atoms with E-state index in [4.69, 9.17) is 11.6 Å². The number of halogens is 1. The number of anilines is 1. The Balaban J connectivity index is 1.50. The van der Waals surface area contributed by atoms with Crippen molar-refractivity contribution in [3.63, 3.8) is 0 Å². The number of aromatic nitrogens is 2. The van der Waals surface area contributed by atoms with Crippen LogP contribution in [0.4, 0.5) is 5.13 Å². The number of nitrogens with one attached hydrogen (secondary N) is 1. The molecule has 0 spiro atoms. The first-order valence-corrected chi connectivity index (χ1v) is 11.2. The highest BCUT2D eigenvalue weighted by molar-refractivity contribution is 7.14. The lowest BCUT2D eigenvalue weighted by Crippen LogP contribution is -2.52. The number of carbonyl (C=O) groups is 1. The van der Waals surface area contributed by atoms with Crippen LogP contribution in [0, 0.1) is 11.8 Å². The van der Waals surface area contributed by atoms with Crippen molar-refractivity contribution < 1.29 is 4.79 Å². The van der Waals surface area contributed by atoms with Crippen LogP contribution in [0.15, 0.2) is 58.1 Å². The van der Waals surface area contributed by atoms with Crippen LogP contribution >= 0.6 is 22.9 Å². The van der Waals surface area contributed by atoms with E-state index in [1.807, 2.05) is 54.6 Å². The molecule has 0 fully saturated rings. The molecule has 2 aliphatic rings. The van der Waals surface area contributed by atoms with Gasteiger partial charge in [-0.15, -0.1) is 11.3 Å². The van der Waals surface area contributed by atoms with Gasteiger partial charge in [-0.1, -0.05) is 36.7 Å². The molecule has 3 heterocycles. The topological polar surface area (TPSA) is 70.5 Å². The van der Waals surface area contributed by atoms with Crippen molar-refractivity contribution in [2.45, 2.75) is 32.7 Å². The third-order valence-corrected chi connectivity index (χ3v) is 6.79. The first kappa shape index (κ1) is 20.8. The largest absolute Gasteiger partial charge is 0.300 e. The summed E-state index contributed by atoms with van der Waals surface area (Å²) in [6.45, 7) is 6.60. The number of nitrogens with zero attached hydrogens (tertiary/aromatic N) is 4. The van der Waals surface area contributed by atoms with E-state index in [1.165, 1.54) is 11.3 Å². The third-order valence-electron chi connectivity index (χ3n) is 5.63. The van der Waals surface area contributed by atoms with Gasteiger partial charge in [0.15, 0.2) is 5.13 Å². The third kappa shape index (κ3) is 4.04. The summed E-state index contributed by atoms with van der Waals surface area (Å²) in [5.41, 5.74) is 1.67. The van der Waals surface area contributed by atoms with Crippen LogP contribution in [0.25, 0.3) is 11.4 Å². The van der Waals surface area contributed by atoms with Crippen molar-refractivity contribution in [1.82, 2.24) is 15.0 Å². The minimum absolute atomic E-state index is 0.106. The Labute approximate surface area is 185 Å². The van der Waals surface area contributed by atoms with Crippen LogP contribution in [0.5, 0.6) is 0 Å². The van der Waals surface area contributed by atoms with Crippen LogP contribution in [0.3, 0.4) is 0 Å². The number of amides is 1. The smallest absolute Gasteiger partial charge is 0.253 e. The summed E-state index contributed by atoms with van der Waals surface area (Å²) in [5, 5.41) is 12.8. The molecule has 1 N–H and O–H groups in total. The van der Waals surface area contributed by atoms with Crippen LogP contribution in [-0.4, -0.2) is 38.7 Å². The van der Waals surface area contributed by atoms with Gasteiger partial charge in [-0.05, 0) is 38.0 Å². The molecule has 1 aliphatic heterocycles. The average molecular weight is 442 g/mol. The van der Waals surface area contributed by atoms with Gasteiger partial charge in [-0.25, -0.2) is 4.98 Å². The highest BCUT2D eigenvalue weighted by atomic mass is 35.5. The number of hydrogen-bond acceptors (Lipinski definition) is 6. The minimum atomic E-state index is -0.793. The Bertz CT molecular complexity index is 1030. The standard InChI is InChI=1S/C22H24ClN5OS/c1-14-7-6-8-17(23)16(14)12-28-22(3,11-15(2)27-28)20(29)26-21-25-19(13-30-21)18-9-4-5-10-24-18/h4-10,13-14,16H,11-12H2,1-3H3,(H,25,26,29). The molecule has 1 amide bonds. The minimum Gasteiger partial charge on any atom is -0.300 e. The lowest BCUT2D eigenvalue weighted by molar-refractivity contribution is -0.126. The monoisotopic (exact) mass is 441 g/mol. The molecule has 0 radical (unpaired) electrons. The van der Waals surface area contributed by atoms with Crippen molar-refractivity contribution in [2.75, 3.05) is 11.9 Å². The first-order valence-electron chi connectivity index (χ1n) is 9.91. The van der Waals surface area contributed by atoms with Gasteiger partial charge in [0.2, 0.25) is 0 Å². The summed E-state index contributed by atoms with van der Waals surface area (Å²) in [4.78, 5) is 22.2. The molecule has 2 aromatic heterocycles. The Hall–Kier alpha value is -2.51. The summed E-state index contributed by atoms with van der Waals surface area (Å²) in [6.07, 6.45) is 8.33. The van der Waals surface area contributed by atoms with Gasteiger partial charge in [-0.2, -0.15) is 5.10 Å². The van der Waals surface area contributed by atoms with Crippen molar-refractivity contribution in [3.05, 3.63) is 53.0 Å². The fourth-order valence-electron chi connectivity index (χ4n) is 3.85. The van der Waals surface area contributed by atoms with Gasteiger partial charge < -0.3 is 0 Å². The predicted molar refractivity (Wildman–Crippen MR) is 123 cm³/mol. The van der Waals surface area contributed by atoms with Crippen LogP contribution < -0.4 is 5.32 Å². The second-order valence-corrected chi connectivity index (χ2v) is 9.27. The van der Waals surface area contributed by atoms with E-state index in [-0.39, 0.29) is 17.7 Å². The summed E-state index contributed by atoms with van der Waals surface area (Å²) in [5.74, 6) is 0.268. The van der Waals surface area contributed by atoms with Gasteiger partial charge in [0.1, 0.15) is 11.2 Å². The molecule has 3 unspecified atom stereocenters. The van der Waals surface area contributed by atoms with Crippen molar-refractivity contribution in [2.24, 2.45) is 16.9 Å². The summed E-state index contributed by atoms with van der Waals surface area (Å²) in [6, 6.07) is 5.67. The number of thiazole rings is 1. The molecule has 6 nitrogen and oxygen atoms in total. The van der Waals surface area contributed by atoms with Crippen LogP contribution in [0.2, 0.25) is 0 Å². The fourth-order valence-corrected chi connectivity index (χ4v) is 4.89. The zero-order chi connectivity index (χ0) is 21.3. The normalized spacial score (nSPS) is 25.8. The maximum atomic E-state index is 13.3. The zero-order valence-corrected chi connectivity index (χ0v) is 18.7. The SMILES string of the molecule is CC1=NN(CC2C(Cl)=CC=CC2C)C(C)(C(=O)Nc2nc(-c3ccccn3)cs2)C1. The van der Waals surface area contributed by atoms with Crippen LogP contribution in [0.1, 0.15) is 27.2 Å². The number of hydrogen-bond donors (Lipinski definition) is 1. The first-order chi connectivity index (χ1) is 14.4. The van der Waals surface area contributed by atoms with E-state index in [0.717, 1.165) is 22.1 Å². The van der Waals surface area contributed by atoms with Gasteiger partial charge >= 0.3 is 0 Å². The number of carbonyl (C=O) groups excluding carboxylic acids is 1. The number of allylic oxidation sites excluding steroid dienone is 3. The van der Waals surface area contributed by atoms with Crippen molar-refractivity contribution >= 4 is 39.7 Å². The highest BCUT2D eigenvalue weighted by Crippen LogP contribution is 2.36. The molecule has 156 valence electrons. The second kappa shape index (κ2) is 8.32. The molecule has 4 rings (SSSR count). The van der Waals surface area contributed by atoms with Gasteiger partial charge in [0.05, 0.1) is 5.69 Å². The van der Waals surface area contributed by atoms with Gasteiger partial charge in [0.25, 0.3) is 5.91 Å². The van der Waals surface area contributed by atoms with Crippen molar-refractivity contribution in [3.8, 4) is 11.4 Å². The van der Waals surface area contributed by atoms with Crippen molar-refractivity contribution in [1.29, 1.82) is 0 Å². The molecule has 2 aromatic rings. The fraction of sp³-hybridized carbons (Fsp3) is 0.364. The molecule has 8 heteroatoms. The van der Waals surface area contributed by atoms with E-state index in [2.05, 4.69) is 33.4 Å². The molecule has 0 aromatic carbocycles. The lowest BCUT2D eigenvalue weighted by atomic mass is 9.87. The molecule has 3 atom stereocenters. The van der Waals surface area contributed by atoms with E-state index < -0.39 is 5.54 Å². The second-order valence-electron chi connectivity index (χ2n) is 7.98. The predicted octanol–water partition coefficient (Wildman–Crippen LogP) is 4.93. The molecule has 1 aliphatic carbocycles. The number of rotatable bonds is 5. The molecule has 30 heavy (non-hydrogen) atoms. The molecule has 0 saturated heterocycles. The Morgan fingerprint density at radius 2 is 2.23 bits per heavy atom. The highest BCUT2D eigenvalue weighted by Gasteiger charge is 2.45.